The zero-order valence-corrected chi connectivity index (χ0v) is 14.8. The summed E-state index contributed by atoms with van der Waals surface area (Å²) in [7, 11) is 0. The summed E-state index contributed by atoms with van der Waals surface area (Å²) in [5.41, 5.74) is 0.766. The summed E-state index contributed by atoms with van der Waals surface area (Å²) in [6, 6.07) is 4.90. The number of aromatic nitrogens is 3. The molecule has 1 aliphatic heterocycles. The van der Waals surface area contributed by atoms with E-state index in [-0.39, 0.29) is 18.6 Å². The highest BCUT2D eigenvalue weighted by molar-refractivity contribution is 7.80. The van der Waals surface area contributed by atoms with Gasteiger partial charge in [-0.3, -0.25) is 4.98 Å². The van der Waals surface area contributed by atoms with Crippen LogP contribution >= 0.6 is 12.2 Å². The lowest BCUT2D eigenvalue weighted by molar-refractivity contribution is -0.145. The first-order chi connectivity index (χ1) is 12.9. The Kier molecular flexibility index (Phi) is 6.01. The monoisotopic (exact) mass is 399 g/mol. The van der Waals surface area contributed by atoms with Crippen LogP contribution in [0.2, 0.25) is 0 Å². The van der Waals surface area contributed by atoms with Gasteiger partial charge in [0.15, 0.2) is 5.11 Å². The fraction of sp³-hybridized carbons (Fsp3) is 0.375. The molecule has 3 rings (SSSR count). The number of ether oxygens (including phenoxy) is 2. The Bertz CT molecular complexity index is 778. The maximum Gasteiger partial charge on any atom is 0.451 e. The van der Waals surface area contributed by atoms with Gasteiger partial charge in [0.2, 0.25) is 11.7 Å². The molecule has 1 saturated heterocycles. The largest absolute Gasteiger partial charge is 0.475 e. The predicted octanol–water partition coefficient (Wildman–Crippen LogP) is 2.37. The molecule has 0 spiro atoms. The van der Waals surface area contributed by atoms with Gasteiger partial charge in [-0.25, -0.2) is 4.98 Å². The Labute approximate surface area is 158 Å². The fourth-order valence-electron chi connectivity index (χ4n) is 2.38. The van der Waals surface area contributed by atoms with Crippen LogP contribution in [0.5, 0.6) is 5.88 Å². The number of hydrogen-bond acceptors (Lipinski definition) is 6. The lowest BCUT2D eigenvalue weighted by Gasteiger charge is -2.34. The highest BCUT2D eigenvalue weighted by atomic mass is 32.1. The van der Waals surface area contributed by atoms with Crippen LogP contribution in [0.25, 0.3) is 0 Å². The molecule has 1 unspecified atom stereocenters. The van der Waals surface area contributed by atoms with Crippen molar-refractivity contribution in [2.75, 3.05) is 31.6 Å². The van der Waals surface area contributed by atoms with Gasteiger partial charge in [0.05, 0.1) is 18.5 Å². The van der Waals surface area contributed by atoms with Gasteiger partial charge >= 0.3 is 6.18 Å². The summed E-state index contributed by atoms with van der Waals surface area (Å²) in [5, 5.41) is 3.59. The molecule has 0 aromatic carbocycles. The number of nitrogens with zero attached hydrogens (tertiary/aromatic N) is 4. The molecule has 3 heterocycles. The number of halogens is 3. The Hall–Kier alpha value is -2.53. The molecular weight excluding hydrogens is 383 g/mol. The van der Waals surface area contributed by atoms with Gasteiger partial charge in [-0.1, -0.05) is 0 Å². The van der Waals surface area contributed by atoms with E-state index in [2.05, 4.69) is 20.3 Å². The molecule has 0 aliphatic carbocycles. The number of pyridine rings is 1. The maximum atomic E-state index is 12.6. The quantitative estimate of drug-likeness (QED) is 0.786. The van der Waals surface area contributed by atoms with Crippen LogP contribution in [0.4, 0.5) is 18.9 Å². The van der Waals surface area contributed by atoms with Crippen molar-refractivity contribution < 1.29 is 22.6 Å². The van der Waals surface area contributed by atoms with E-state index in [1.165, 1.54) is 6.07 Å². The van der Waals surface area contributed by atoms with Gasteiger partial charge in [-0.15, -0.1) is 0 Å². The Morgan fingerprint density at radius 2 is 2.22 bits per heavy atom. The van der Waals surface area contributed by atoms with Crippen molar-refractivity contribution >= 4 is 23.0 Å². The van der Waals surface area contributed by atoms with Crippen molar-refractivity contribution in [3.63, 3.8) is 0 Å². The van der Waals surface area contributed by atoms with Crippen molar-refractivity contribution in [1.29, 1.82) is 0 Å². The molecule has 0 saturated carbocycles. The number of alkyl halides is 3. The molecule has 2 aromatic heterocycles. The number of hydrogen-bond donors (Lipinski definition) is 1. The first-order valence-corrected chi connectivity index (χ1v) is 8.43. The smallest absolute Gasteiger partial charge is 0.451 e. The standard InChI is InChI=1S/C16H16F3N5O2S/c17-16(18,19)14-21-5-3-13(23-14)26-10-12-9-24(6-7-25-12)15(27)22-11-2-1-4-20-8-11/h1-5,8,12H,6-7,9-10H2,(H,22,27). The van der Waals surface area contributed by atoms with Crippen molar-refractivity contribution in [2.24, 2.45) is 0 Å². The second kappa shape index (κ2) is 8.44. The maximum absolute atomic E-state index is 12.6. The van der Waals surface area contributed by atoms with Crippen LogP contribution in [0.15, 0.2) is 36.8 Å². The Morgan fingerprint density at radius 1 is 1.37 bits per heavy atom. The third-order valence-corrected chi connectivity index (χ3v) is 4.00. The SMILES string of the molecule is FC(F)(F)c1nccc(OCC2CN(C(=S)Nc3cccnc3)CCO2)n1. The molecule has 0 radical (unpaired) electrons. The van der Waals surface area contributed by atoms with E-state index < -0.39 is 12.0 Å². The summed E-state index contributed by atoms with van der Waals surface area (Å²) >= 11 is 5.39. The third-order valence-electron chi connectivity index (χ3n) is 3.64. The lowest BCUT2D eigenvalue weighted by Crippen LogP contribution is -2.49. The van der Waals surface area contributed by atoms with Gasteiger partial charge in [0, 0.05) is 31.5 Å². The van der Waals surface area contributed by atoms with Crippen molar-refractivity contribution in [1.82, 2.24) is 19.9 Å². The topological polar surface area (TPSA) is 72.4 Å². The van der Waals surface area contributed by atoms with Crippen molar-refractivity contribution in [3.8, 4) is 5.88 Å². The van der Waals surface area contributed by atoms with Gasteiger partial charge in [-0.2, -0.15) is 18.2 Å². The molecule has 0 amide bonds. The minimum absolute atomic E-state index is 0.0420. The lowest BCUT2D eigenvalue weighted by atomic mass is 10.3. The van der Waals surface area contributed by atoms with Crippen LogP contribution in [-0.4, -0.2) is 57.4 Å². The molecule has 27 heavy (non-hydrogen) atoms. The van der Waals surface area contributed by atoms with Crippen LogP contribution in [0.3, 0.4) is 0 Å². The van der Waals surface area contributed by atoms with E-state index in [4.69, 9.17) is 21.7 Å². The van der Waals surface area contributed by atoms with Crippen LogP contribution < -0.4 is 10.1 Å². The fourth-order valence-corrected chi connectivity index (χ4v) is 2.66. The number of rotatable bonds is 4. The molecular formula is C16H16F3N5O2S. The molecule has 144 valence electrons. The second-order valence-electron chi connectivity index (χ2n) is 5.64. The molecule has 11 heteroatoms. The number of morpholine rings is 1. The third kappa shape index (κ3) is 5.47. The molecule has 0 bridgehead atoms. The first kappa shape index (κ1) is 19.2. The van der Waals surface area contributed by atoms with E-state index in [1.807, 2.05) is 11.0 Å². The summed E-state index contributed by atoms with van der Waals surface area (Å²) in [6.07, 6.45) is -0.668. The highest BCUT2D eigenvalue weighted by Crippen LogP contribution is 2.26. The molecule has 7 nitrogen and oxygen atoms in total. The van der Waals surface area contributed by atoms with Gasteiger partial charge in [0.1, 0.15) is 12.7 Å². The molecule has 1 N–H and O–H groups in total. The average molecular weight is 399 g/mol. The first-order valence-electron chi connectivity index (χ1n) is 8.02. The molecule has 2 aromatic rings. The van der Waals surface area contributed by atoms with Gasteiger partial charge in [-0.05, 0) is 24.4 Å². The van der Waals surface area contributed by atoms with Crippen molar-refractivity contribution in [3.05, 3.63) is 42.6 Å². The Balaban J connectivity index is 1.53. The van der Waals surface area contributed by atoms with E-state index in [0.717, 1.165) is 11.9 Å². The predicted molar refractivity (Wildman–Crippen MR) is 94.3 cm³/mol. The summed E-state index contributed by atoms with van der Waals surface area (Å²) in [4.78, 5) is 12.5. The van der Waals surface area contributed by atoms with E-state index >= 15 is 0 Å². The summed E-state index contributed by atoms with van der Waals surface area (Å²) < 4.78 is 48.9. The minimum Gasteiger partial charge on any atom is -0.475 e. The summed E-state index contributed by atoms with van der Waals surface area (Å²) in [5.74, 6) is -1.40. The van der Waals surface area contributed by atoms with E-state index in [1.54, 1.807) is 18.5 Å². The van der Waals surface area contributed by atoms with Crippen LogP contribution in [-0.2, 0) is 10.9 Å². The summed E-state index contributed by atoms with van der Waals surface area (Å²) in [6.45, 7) is 1.48. The van der Waals surface area contributed by atoms with Crippen molar-refractivity contribution in [2.45, 2.75) is 12.3 Å². The zero-order valence-electron chi connectivity index (χ0n) is 14.0. The zero-order chi connectivity index (χ0) is 19.3. The van der Waals surface area contributed by atoms with E-state index in [9.17, 15) is 13.2 Å². The highest BCUT2D eigenvalue weighted by Gasteiger charge is 2.35. The van der Waals surface area contributed by atoms with Gasteiger partial charge < -0.3 is 19.7 Å². The number of anilines is 1. The normalized spacial score (nSPS) is 17.4. The van der Waals surface area contributed by atoms with Gasteiger partial charge in [0.25, 0.3) is 0 Å². The number of thiocarbonyl (C=S) groups is 1. The average Bonchev–Trinajstić information content (AvgIpc) is 2.67. The second-order valence-corrected chi connectivity index (χ2v) is 6.02. The van der Waals surface area contributed by atoms with E-state index in [0.29, 0.717) is 24.8 Å². The minimum atomic E-state index is -4.62. The van der Waals surface area contributed by atoms with Crippen LogP contribution in [0.1, 0.15) is 5.82 Å². The molecule has 1 aliphatic rings. The molecule has 1 atom stereocenters. The number of nitrogens with one attached hydrogen (secondary N) is 1. The van der Waals surface area contributed by atoms with Crippen LogP contribution in [0, 0.1) is 0 Å². The molecule has 1 fully saturated rings. The Morgan fingerprint density at radius 3 is 2.96 bits per heavy atom.